The fourth-order valence-corrected chi connectivity index (χ4v) is 4.35. The summed E-state index contributed by atoms with van der Waals surface area (Å²) in [7, 11) is 0. The SMILES string of the molecule is Cc1cccc(C(=Cc2ccc(C=NN(c3ccccc3)c3ccccc3)cc2)c2cccc(C)c2)c1. The molecule has 5 aromatic rings. The van der Waals surface area contributed by atoms with Crippen LogP contribution in [0.2, 0.25) is 0 Å². The molecule has 0 heterocycles. The molecule has 0 radical (unpaired) electrons. The first kappa shape index (κ1) is 24.0. The Hall–Kier alpha value is -4.69. The van der Waals surface area contributed by atoms with Gasteiger partial charge >= 0.3 is 0 Å². The normalized spacial score (nSPS) is 10.9. The van der Waals surface area contributed by atoms with Gasteiger partial charge in [0.25, 0.3) is 0 Å². The van der Waals surface area contributed by atoms with Crippen molar-refractivity contribution in [1.82, 2.24) is 0 Å². The first-order valence-corrected chi connectivity index (χ1v) is 12.6. The van der Waals surface area contributed by atoms with Crippen LogP contribution in [0.15, 0.2) is 139 Å². The van der Waals surface area contributed by atoms with E-state index in [0.29, 0.717) is 0 Å². The molecule has 37 heavy (non-hydrogen) atoms. The molecule has 2 heteroatoms. The van der Waals surface area contributed by atoms with Gasteiger partial charge in [-0.05, 0) is 72.0 Å². The second-order valence-corrected chi connectivity index (χ2v) is 9.19. The van der Waals surface area contributed by atoms with E-state index in [1.807, 2.05) is 47.6 Å². The Morgan fingerprint density at radius 3 is 1.51 bits per heavy atom. The number of hydrazone groups is 1. The first-order chi connectivity index (χ1) is 18.2. The van der Waals surface area contributed by atoms with Crippen LogP contribution in [0.5, 0.6) is 0 Å². The summed E-state index contributed by atoms with van der Waals surface area (Å²) in [6.45, 7) is 4.28. The van der Waals surface area contributed by atoms with Crippen molar-refractivity contribution >= 4 is 29.2 Å². The smallest absolute Gasteiger partial charge is 0.0652 e. The van der Waals surface area contributed by atoms with E-state index in [2.05, 4.69) is 117 Å². The van der Waals surface area contributed by atoms with Crippen molar-refractivity contribution in [2.75, 3.05) is 5.01 Å². The highest BCUT2D eigenvalue weighted by Gasteiger charge is 2.08. The molecule has 0 unspecified atom stereocenters. The second-order valence-electron chi connectivity index (χ2n) is 9.19. The minimum atomic E-state index is 1.02. The van der Waals surface area contributed by atoms with Crippen LogP contribution in [0, 0.1) is 13.8 Å². The molecule has 2 nitrogen and oxygen atoms in total. The lowest BCUT2D eigenvalue weighted by atomic mass is 9.93. The molecule has 180 valence electrons. The molecule has 0 aromatic heterocycles. The molecule has 0 aliphatic heterocycles. The number of rotatable bonds is 7. The Kier molecular flexibility index (Phi) is 7.38. The molecule has 0 fully saturated rings. The van der Waals surface area contributed by atoms with Crippen LogP contribution in [0.25, 0.3) is 11.6 Å². The number of para-hydroxylation sites is 2. The van der Waals surface area contributed by atoms with E-state index in [1.54, 1.807) is 0 Å². The number of nitrogens with zero attached hydrogens (tertiary/aromatic N) is 2. The average Bonchev–Trinajstić information content (AvgIpc) is 2.94. The van der Waals surface area contributed by atoms with E-state index >= 15 is 0 Å². The molecule has 0 spiro atoms. The predicted molar refractivity (Wildman–Crippen MR) is 158 cm³/mol. The largest absolute Gasteiger partial charge is 0.234 e. The third kappa shape index (κ3) is 6.12. The topological polar surface area (TPSA) is 15.6 Å². The molecule has 5 aromatic carbocycles. The van der Waals surface area contributed by atoms with Crippen molar-refractivity contribution < 1.29 is 0 Å². The quantitative estimate of drug-likeness (QED) is 0.129. The van der Waals surface area contributed by atoms with Gasteiger partial charge in [-0.3, -0.25) is 0 Å². The van der Waals surface area contributed by atoms with Gasteiger partial charge < -0.3 is 0 Å². The molecular formula is C35H30N2. The molecule has 0 saturated carbocycles. The number of aryl methyl sites for hydroxylation is 2. The summed E-state index contributed by atoms with van der Waals surface area (Å²) in [5, 5.41) is 6.79. The predicted octanol–water partition coefficient (Wildman–Crippen LogP) is 9.06. The molecular weight excluding hydrogens is 448 g/mol. The van der Waals surface area contributed by atoms with Crippen molar-refractivity contribution in [2.24, 2.45) is 5.10 Å². The average molecular weight is 479 g/mol. The van der Waals surface area contributed by atoms with Crippen LogP contribution >= 0.6 is 0 Å². The van der Waals surface area contributed by atoms with E-state index in [4.69, 9.17) is 5.10 Å². The number of hydrogen-bond donors (Lipinski definition) is 0. The molecule has 0 aliphatic carbocycles. The Balaban J connectivity index is 1.45. The van der Waals surface area contributed by atoms with Crippen molar-refractivity contribution in [3.05, 3.63) is 167 Å². The molecule has 0 N–H and O–H groups in total. The molecule has 0 aliphatic rings. The van der Waals surface area contributed by atoms with Gasteiger partial charge in [0.05, 0.1) is 17.6 Å². The van der Waals surface area contributed by atoms with Crippen LogP contribution < -0.4 is 5.01 Å². The maximum Gasteiger partial charge on any atom is 0.0652 e. The Morgan fingerprint density at radius 2 is 1.03 bits per heavy atom. The Bertz CT molecular complexity index is 1430. The van der Waals surface area contributed by atoms with Crippen LogP contribution in [-0.2, 0) is 0 Å². The Morgan fingerprint density at radius 1 is 0.541 bits per heavy atom. The molecule has 0 bridgehead atoms. The standard InChI is InChI=1S/C35H30N2/c1-27-11-9-13-31(23-27)35(32-14-10-12-28(2)24-32)25-29-19-21-30(22-20-29)26-36-37(33-15-5-3-6-16-33)34-17-7-4-8-18-34/h3-26H,1-2H3. The van der Waals surface area contributed by atoms with Crippen molar-refractivity contribution in [1.29, 1.82) is 0 Å². The summed E-state index contributed by atoms with van der Waals surface area (Å²) in [5.41, 5.74) is 10.4. The molecule has 0 saturated heterocycles. The minimum Gasteiger partial charge on any atom is -0.234 e. The van der Waals surface area contributed by atoms with Crippen LogP contribution in [0.3, 0.4) is 0 Å². The molecule has 5 rings (SSSR count). The zero-order chi connectivity index (χ0) is 25.5. The monoisotopic (exact) mass is 478 g/mol. The van der Waals surface area contributed by atoms with E-state index in [-0.39, 0.29) is 0 Å². The van der Waals surface area contributed by atoms with Crippen LogP contribution in [-0.4, -0.2) is 6.21 Å². The maximum absolute atomic E-state index is 4.83. The van der Waals surface area contributed by atoms with Crippen LogP contribution in [0.4, 0.5) is 11.4 Å². The minimum absolute atomic E-state index is 1.02. The summed E-state index contributed by atoms with van der Waals surface area (Å²) < 4.78 is 0. The van der Waals surface area contributed by atoms with E-state index in [1.165, 1.54) is 27.8 Å². The maximum atomic E-state index is 4.83. The van der Waals surface area contributed by atoms with Gasteiger partial charge in [-0.15, -0.1) is 0 Å². The van der Waals surface area contributed by atoms with Gasteiger partial charge in [0.1, 0.15) is 0 Å². The summed E-state index contributed by atoms with van der Waals surface area (Å²) in [5.74, 6) is 0. The fraction of sp³-hybridized carbons (Fsp3) is 0.0571. The molecule has 0 atom stereocenters. The van der Waals surface area contributed by atoms with Gasteiger partial charge in [0.2, 0.25) is 0 Å². The summed E-state index contributed by atoms with van der Waals surface area (Å²) in [6.07, 6.45) is 4.18. The van der Waals surface area contributed by atoms with E-state index < -0.39 is 0 Å². The first-order valence-electron chi connectivity index (χ1n) is 12.6. The summed E-state index contributed by atoms with van der Waals surface area (Å²) in [4.78, 5) is 0. The highest BCUT2D eigenvalue weighted by molar-refractivity contribution is 5.92. The zero-order valence-corrected chi connectivity index (χ0v) is 21.3. The van der Waals surface area contributed by atoms with Crippen molar-refractivity contribution in [3.63, 3.8) is 0 Å². The second kappa shape index (κ2) is 11.4. The zero-order valence-electron chi connectivity index (χ0n) is 21.3. The van der Waals surface area contributed by atoms with Gasteiger partial charge in [0, 0.05) is 0 Å². The number of hydrogen-bond acceptors (Lipinski definition) is 2. The summed E-state index contributed by atoms with van der Waals surface area (Å²) >= 11 is 0. The summed E-state index contributed by atoms with van der Waals surface area (Å²) in [6, 6.07) is 46.4. The molecule has 0 amide bonds. The van der Waals surface area contributed by atoms with Gasteiger partial charge in [0.15, 0.2) is 0 Å². The highest BCUT2D eigenvalue weighted by atomic mass is 15.5. The van der Waals surface area contributed by atoms with Crippen molar-refractivity contribution in [2.45, 2.75) is 13.8 Å². The third-order valence-corrected chi connectivity index (χ3v) is 6.23. The fourth-order valence-electron chi connectivity index (χ4n) is 4.35. The lowest BCUT2D eigenvalue weighted by molar-refractivity contribution is 1.09. The van der Waals surface area contributed by atoms with E-state index in [9.17, 15) is 0 Å². The van der Waals surface area contributed by atoms with Gasteiger partial charge in [-0.25, -0.2) is 5.01 Å². The van der Waals surface area contributed by atoms with Gasteiger partial charge in [-0.2, -0.15) is 5.10 Å². The number of benzene rings is 5. The number of anilines is 2. The van der Waals surface area contributed by atoms with Gasteiger partial charge in [-0.1, -0.05) is 120 Å². The lowest BCUT2D eigenvalue weighted by Crippen LogP contribution is -2.09. The van der Waals surface area contributed by atoms with E-state index in [0.717, 1.165) is 22.5 Å². The highest BCUT2D eigenvalue weighted by Crippen LogP contribution is 2.28. The van der Waals surface area contributed by atoms with Crippen LogP contribution in [0.1, 0.15) is 33.4 Å². The lowest BCUT2D eigenvalue weighted by Gasteiger charge is -2.19. The third-order valence-electron chi connectivity index (χ3n) is 6.23. The van der Waals surface area contributed by atoms with Crippen molar-refractivity contribution in [3.8, 4) is 0 Å². The Labute approximate surface area is 219 Å².